The molecule has 0 radical (unpaired) electrons. The summed E-state index contributed by atoms with van der Waals surface area (Å²) in [5.41, 5.74) is -0.536. The van der Waals surface area contributed by atoms with Crippen LogP contribution in [0, 0.1) is 10.1 Å². The van der Waals surface area contributed by atoms with Gasteiger partial charge < -0.3 is 10.6 Å². The molecule has 0 saturated carbocycles. The molecule has 0 aliphatic heterocycles. The molecule has 1 aromatic carbocycles. The van der Waals surface area contributed by atoms with E-state index in [0.29, 0.717) is 18.1 Å². The number of nitrogens with zero attached hydrogens (tertiary/aromatic N) is 3. The molecule has 0 spiro atoms. The van der Waals surface area contributed by atoms with Gasteiger partial charge in [0.1, 0.15) is 5.01 Å². The van der Waals surface area contributed by atoms with Crippen LogP contribution in [0.2, 0.25) is 0 Å². The van der Waals surface area contributed by atoms with Gasteiger partial charge in [0.05, 0.1) is 23.6 Å². The Kier molecular flexibility index (Phi) is 6.50. The summed E-state index contributed by atoms with van der Waals surface area (Å²) in [4.78, 5) is 18.3. The lowest BCUT2D eigenvalue weighted by Crippen LogP contribution is -2.36. The highest BCUT2D eigenvalue weighted by Gasteiger charge is 2.33. The Morgan fingerprint density at radius 1 is 1.35 bits per heavy atom. The number of para-hydroxylation sites is 1. The van der Waals surface area contributed by atoms with E-state index >= 15 is 0 Å². The fourth-order valence-electron chi connectivity index (χ4n) is 2.01. The first kappa shape index (κ1) is 19.6. The Labute approximate surface area is 151 Å². The van der Waals surface area contributed by atoms with E-state index in [-0.39, 0.29) is 23.8 Å². The van der Waals surface area contributed by atoms with Crippen LogP contribution in [0.15, 0.2) is 34.6 Å². The summed E-state index contributed by atoms with van der Waals surface area (Å²) in [7, 11) is 0. The first-order chi connectivity index (χ1) is 12.3. The fourth-order valence-corrected chi connectivity index (χ4v) is 2.75. The molecular formula is C15H16F3N5O2S. The fraction of sp³-hybridized carbons (Fsp3) is 0.333. The molecule has 0 amide bonds. The minimum absolute atomic E-state index is 0.0400. The van der Waals surface area contributed by atoms with Gasteiger partial charge in [-0.15, -0.1) is 11.3 Å². The van der Waals surface area contributed by atoms with Crippen LogP contribution in [-0.2, 0) is 19.3 Å². The molecule has 7 nitrogen and oxygen atoms in total. The molecule has 0 bridgehead atoms. The van der Waals surface area contributed by atoms with Crippen molar-refractivity contribution in [1.29, 1.82) is 0 Å². The normalized spacial score (nSPS) is 12.1. The molecule has 0 unspecified atom stereocenters. The quantitative estimate of drug-likeness (QED) is 0.343. The van der Waals surface area contributed by atoms with Crippen LogP contribution in [0.1, 0.15) is 23.2 Å². The number of halogens is 3. The number of thiazole rings is 1. The number of aromatic nitrogens is 1. The molecule has 0 aliphatic carbocycles. The number of nitro benzene ring substituents is 1. The van der Waals surface area contributed by atoms with Gasteiger partial charge >= 0.3 is 6.18 Å². The number of benzene rings is 1. The average molecular weight is 387 g/mol. The molecule has 1 heterocycles. The highest BCUT2D eigenvalue weighted by molar-refractivity contribution is 7.09. The molecule has 2 N–H and O–H groups in total. The topological polar surface area (TPSA) is 92.5 Å². The second-order valence-corrected chi connectivity index (χ2v) is 6.00. The number of hydrogen-bond donors (Lipinski definition) is 2. The molecule has 0 atom stereocenters. The molecule has 0 aliphatic rings. The van der Waals surface area contributed by atoms with Crippen molar-refractivity contribution in [2.45, 2.75) is 26.2 Å². The van der Waals surface area contributed by atoms with E-state index < -0.39 is 16.8 Å². The number of rotatable bonds is 6. The van der Waals surface area contributed by atoms with E-state index in [0.717, 1.165) is 16.7 Å². The summed E-state index contributed by atoms with van der Waals surface area (Å²) in [6.07, 6.45) is -4.47. The Hall–Kier alpha value is -2.69. The third-order valence-corrected chi connectivity index (χ3v) is 4.04. The monoisotopic (exact) mass is 387 g/mol. The standard InChI is InChI=1S/C15H16F3N5O2S/c1-2-19-14(20-7-10-5-3-4-6-11(10)23(24)25)21-8-13-22-12(9-26-13)15(16,17)18/h3-6,9H,2,7-8H2,1H3,(H2,19,20,21). The molecule has 11 heteroatoms. The van der Waals surface area contributed by atoms with Gasteiger partial charge in [0.25, 0.3) is 5.69 Å². The van der Waals surface area contributed by atoms with Crippen molar-refractivity contribution in [1.82, 2.24) is 15.6 Å². The molecule has 2 rings (SSSR count). The highest BCUT2D eigenvalue weighted by Crippen LogP contribution is 2.29. The van der Waals surface area contributed by atoms with Crippen LogP contribution in [0.25, 0.3) is 0 Å². The molecule has 2 aromatic rings. The number of nitro groups is 1. The number of guanidine groups is 1. The van der Waals surface area contributed by atoms with Gasteiger partial charge in [-0.25, -0.2) is 9.98 Å². The SMILES string of the molecule is CCNC(=NCc1ccccc1[N+](=O)[O-])NCc1nc(C(F)(F)F)cs1. The van der Waals surface area contributed by atoms with Crippen molar-refractivity contribution in [3.05, 3.63) is 56.0 Å². The molecule has 140 valence electrons. The lowest BCUT2D eigenvalue weighted by Gasteiger charge is -2.10. The average Bonchev–Trinajstić information content (AvgIpc) is 3.07. The predicted octanol–water partition coefficient (Wildman–Crippen LogP) is 3.33. The first-order valence-corrected chi connectivity index (χ1v) is 8.45. The maximum absolute atomic E-state index is 12.6. The van der Waals surface area contributed by atoms with E-state index in [2.05, 4.69) is 20.6 Å². The number of alkyl halides is 3. The van der Waals surface area contributed by atoms with E-state index in [1.165, 1.54) is 6.07 Å². The van der Waals surface area contributed by atoms with Crippen LogP contribution < -0.4 is 10.6 Å². The van der Waals surface area contributed by atoms with Gasteiger partial charge in [0.2, 0.25) is 0 Å². The predicted molar refractivity (Wildman–Crippen MR) is 91.9 cm³/mol. The van der Waals surface area contributed by atoms with Gasteiger partial charge in [-0.05, 0) is 6.92 Å². The number of aliphatic imine (C=N–C) groups is 1. The number of nitrogens with one attached hydrogen (secondary N) is 2. The van der Waals surface area contributed by atoms with Crippen molar-refractivity contribution >= 4 is 23.0 Å². The first-order valence-electron chi connectivity index (χ1n) is 7.57. The van der Waals surface area contributed by atoms with E-state index in [9.17, 15) is 23.3 Å². The smallest absolute Gasteiger partial charge is 0.357 e. The van der Waals surface area contributed by atoms with Crippen LogP contribution in [0.5, 0.6) is 0 Å². The van der Waals surface area contributed by atoms with Crippen LogP contribution in [0.4, 0.5) is 18.9 Å². The lowest BCUT2D eigenvalue weighted by molar-refractivity contribution is -0.385. The third kappa shape index (κ3) is 5.41. The lowest BCUT2D eigenvalue weighted by atomic mass is 10.2. The maximum atomic E-state index is 12.6. The largest absolute Gasteiger partial charge is 0.434 e. The number of hydrogen-bond acceptors (Lipinski definition) is 5. The molecule has 0 saturated heterocycles. The second kappa shape index (κ2) is 8.61. The summed E-state index contributed by atoms with van der Waals surface area (Å²) >= 11 is 0.892. The maximum Gasteiger partial charge on any atom is 0.434 e. The summed E-state index contributed by atoms with van der Waals surface area (Å²) in [6, 6.07) is 6.23. The molecule has 26 heavy (non-hydrogen) atoms. The zero-order valence-corrected chi connectivity index (χ0v) is 14.5. The van der Waals surface area contributed by atoms with E-state index in [4.69, 9.17) is 0 Å². The zero-order chi connectivity index (χ0) is 19.2. The van der Waals surface area contributed by atoms with Gasteiger partial charge in [0, 0.05) is 18.0 Å². The van der Waals surface area contributed by atoms with Crippen molar-refractivity contribution < 1.29 is 18.1 Å². The Bertz CT molecular complexity index is 792. The molecule has 1 aromatic heterocycles. The van der Waals surface area contributed by atoms with Crippen molar-refractivity contribution in [3.63, 3.8) is 0 Å². The zero-order valence-electron chi connectivity index (χ0n) is 13.7. The van der Waals surface area contributed by atoms with Gasteiger partial charge in [-0.2, -0.15) is 13.2 Å². The van der Waals surface area contributed by atoms with E-state index in [1.807, 2.05) is 6.92 Å². The Morgan fingerprint density at radius 2 is 2.08 bits per heavy atom. The van der Waals surface area contributed by atoms with Gasteiger partial charge in [-0.3, -0.25) is 10.1 Å². The summed E-state index contributed by atoms with van der Waals surface area (Å²) in [5.74, 6) is 0.328. The van der Waals surface area contributed by atoms with Crippen LogP contribution in [0.3, 0.4) is 0 Å². The summed E-state index contributed by atoms with van der Waals surface area (Å²) < 4.78 is 37.7. The van der Waals surface area contributed by atoms with Crippen molar-refractivity contribution in [2.24, 2.45) is 4.99 Å². The van der Waals surface area contributed by atoms with Crippen LogP contribution >= 0.6 is 11.3 Å². The van der Waals surface area contributed by atoms with Gasteiger partial charge in [0.15, 0.2) is 11.7 Å². The Balaban J connectivity index is 2.05. The summed E-state index contributed by atoms with van der Waals surface area (Å²) in [5, 5.41) is 18.0. The molecule has 0 fully saturated rings. The minimum Gasteiger partial charge on any atom is -0.357 e. The van der Waals surface area contributed by atoms with Crippen molar-refractivity contribution in [2.75, 3.05) is 6.54 Å². The van der Waals surface area contributed by atoms with Crippen molar-refractivity contribution in [3.8, 4) is 0 Å². The minimum atomic E-state index is -4.47. The van der Waals surface area contributed by atoms with Crippen LogP contribution in [-0.4, -0.2) is 22.4 Å². The molecular weight excluding hydrogens is 371 g/mol. The Morgan fingerprint density at radius 3 is 2.69 bits per heavy atom. The second-order valence-electron chi connectivity index (χ2n) is 5.06. The summed E-state index contributed by atoms with van der Waals surface area (Å²) in [6.45, 7) is 2.46. The van der Waals surface area contributed by atoms with Gasteiger partial charge in [-0.1, -0.05) is 18.2 Å². The third-order valence-electron chi connectivity index (χ3n) is 3.19. The highest BCUT2D eigenvalue weighted by atomic mass is 32.1. The van der Waals surface area contributed by atoms with E-state index in [1.54, 1.807) is 18.2 Å².